The first-order valence-corrected chi connectivity index (χ1v) is 8.41. The smallest absolute Gasteiger partial charge is 0.239 e. The Labute approximate surface area is 143 Å². The van der Waals surface area contributed by atoms with Crippen molar-refractivity contribution in [2.45, 2.75) is 30.7 Å². The van der Waals surface area contributed by atoms with E-state index in [1.54, 1.807) is 19.3 Å². The lowest BCUT2D eigenvalue weighted by molar-refractivity contribution is -0.115. The van der Waals surface area contributed by atoms with Gasteiger partial charge in [-0.25, -0.2) is 0 Å². The predicted molar refractivity (Wildman–Crippen MR) is 91.2 cm³/mol. The van der Waals surface area contributed by atoms with Crippen LogP contribution in [0.1, 0.15) is 19.1 Å². The van der Waals surface area contributed by atoms with Crippen LogP contribution in [-0.4, -0.2) is 31.1 Å². The average Bonchev–Trinajstić information content (AvgIpc) is 3.22. The molecule has 1 unspecified atom stereocenters. The highest BCUT2D eigenvalue weighted by Crippen LogP contribution is 2.26. The molecule has 0 radical (unpaired) electrons. The van der Waals surface area contributed by atoms with Gasteiger partial charge >= 0.3 is 0 Å². The Morgan fingerprint density at radius 1 is 1.38 bits per heavy atom. The van der Waals surface area contributed by atoms with E-state index in [2.05, 4.69) is 20.7 Å². The number of hydrogen-bond donors (Lipinski definition) is 1. The van der Waals surface area contributed by atoms with Crippen LogP contribution in [0.4, 0.5) is 5.82 Å². The first kappa shape index (κ1) is 16.3. The van der Waals surface area contributed by atoms with Crippen molar-refractivity contribution in [2.24, 2.45) is 0 Å². The summed E-state index contributed by atoms with van der Waals surface area (Å²) in [6, 6.07) is 11.4. The van der Waals surface area contributed by atoms with Gasteiger partial charge in [0.25, 0.3) is 0 Å². The highest BCUT2D eigenvalue weighted by atomic mass is 32.2. The van der Waals surface area contributed by atoms with Crippen LogP contribution in [0.3, 0.4) is 0 Å². The van der Waals surface area contributed by atoms with E-state index in [1.807, 2.05) is 41.8 Å². The highest BCUT2D eigenvalue weighted by Gasteiger charge is 2.22. The number of carbonyl (C=O) groups is 1. The van der Waals surface area contributed by atoms with Crippen molar-refractivity contribution in [3.63, 3.8) is 0 Å². The minimum absolute atomic E-state index is 0.140. The van der Waals surface area contributed by atoms with Gasteiger partial charge in [0, 0.05) is 11.8 Å². The van der Waals surface area contributed by atoms with Gasteiger partial charge in [-0.3, -0.25) is 9.36 Å². The summed E-state index contributed by atoms with van der Waals surface area (Å²) < 4.78 is 6.83. The van der Waals surface area contributed by atoms with Crippen molar-refractivity contribution >= 4 is 23.5 Å². The number of hydrogen-bond acceptors (Lipinski definition) is 6. The molecular weight excluding hydrogens is 326 g/mol. The van der Waals surface area contributed by atoms with Crippen LogP contribution in [0.5, 0.6) is 0 Å². The average molecular weight is 343 g/mol. The molecule has 124 valence electrons. The van der Waals surface area contributed by atoms with E-state index in [0.717, 1.165) is 5.69 Å². The fourth-order valence-electron chi connectivity index (χ4n) is 2.15. The Kier molecular flexibility index (Phi) is 4.95. The molecule has 0 saturated carbocycles. The van der Waals surface area contributed by atoms with Crippen molar-refractivity contribution < 1.29 is 9.32 Å². The second-order valence-corrected chi connectivity index (χ2v) is 6.32. The predicted octanol–water partition coefficient (Wildman–Crippen LogP) is 3.07. The zero-order valence-electron chi connectivity index (χ0n) is 13.3. The third-order valence-corrected chi connectivity index (χ3v) is 4.66. The maximum atomic E-state index is 12.5. The molecule has 0 fully saturated rings. The lowest BCUT2D eigenvalue weighted by Gasteiger charge is -2.13. The quantitative estimate of drug-likeness (QED) is 0.692. The number of aryl methyl sites for hydroxylation is 1. The Morgan fingerprint density at radius 2 is 2.17 bits per heavy atom. The number of aromatic nitrogens is 4. The van der Waals surface area contributed by atoms with Crippen LogP contribution in [0.25, 0.3) is 5.69 Å². The molecule has 1 amide bonds. The van der Waals surface area contributed by atoms with Crippen molar-refractivity contribution in [1.29, 1.82) is 0 Å². The van der Waals surface area contributed by atoms with Gasteiger partial charge in [0.05, 0.1) is 5.25 Å². The Balaban J connectivity index is 1.74. The minimum atomic E-state index is -0.311. The number of nitrogens with one attached hydrogen (secondary N) is 1. The number of para-hydroxylation sites is 1. The topological polar surface area (TPSA) is 85.8 Å². The second kappa shape index (κ2) is 7.31. The summed E-state index contributed by atoms with van der Waals surface area (Å²) >= 11 is 1.37. The Hall–Kier alpha value is -2.61. The van der Waals surface area contributed by atoms with Gasteiger partial charge in [-0.05, 0) is 25.5 Å². The number of amides is 1. The fourth-order valence-corrected chi connectivity index (χ4v) is 3.10. The summed E-state index contributed by atoms with van der Waals surface area (Å²) in [6.45, 7) is 3.73. The van der Waals surface area contributed by atoms with E-state index in [-0.39, 0.29) is 11.2 Å². The van der Waals surface area contributed by atoms with E-state index >= 15 is 0 Å². The molecule has 2 aromatic heterocycles. The van der Waals surface area contributed by atoms with Crippen molar-refractivity contribution in [3.05, 3.63) is 48.5 Å². The molecule has 0 saturated heterocycles. The minimum Gasteiger partial charge on any atom is -0.360 e. The summed E-state index contributed by atoms with van der Waals surface area (Å²) in [7, 11) is 0. The van der Waals surface area contributed by atoms with Gasteiger partial charge < -0.3 is 9.84 Å². The number of thioether (sulfide) groups is 1. The highest BCUT2D eigenvalue weighted by molar-refractivity contribution is 8.00. The molecule has 24 heavy (non-hydrogen) atoms. The lowest BCUT2D eigenvalue weighted by atomic mass is 10.3. The molecule has 0 aliphatic heterocycles. The summed E-state index contributed by atoms with van der Waals surface area (Å²) in [5.41, 5.74) is 0.951. The third-order valence-electron chi connectivity index (χ3n) is 3.34. The Morgan fingerprint density at radius 3 is 2.83 bits per heavy atom. The van der Waals surface area contributed by atoms with Crippen molar-refractivity contribution in [2.75, 3.05) is 5.32 Å². The van der Waals surface area contributed by atoms with Gasteiger partial charge in [-0.15, -0.1) is 10.2 Å². The lowest BCUT2D eigenvalue weighted by Crippen LogP contribution is -2.25. The van der Waals surface area contributed by atoms with E-state index in [4.69, 9.17) is 4.52 Å². The fraction of sp³-hybridized carbons (Fsp3) is 0.250. The molecule has 1 atom stereocenters. The van der Waals surface area contributed by atoms with Crippen LogP contribution in [0, 0.1) is 6.92 Å². The van der Waals surface area contributed by atoms with Gasteiger partial charge in [0.1, 0.15) is 12.1 Å². The van der Waals surface area contributed by atoms with Crippen LogP contribution < -0.4 is 5.32 Å². The van der Waals surface area contributed by atoms with Gasteiger partial charge in [0.15, 0.2) is 11.0 Å². The number of carbonyl (C=O) groups excluding carboxylic acids is 1. The summed E-state index contributed by atoms with van der Waals surface area (Å²) in [5, 5.41) is 15.0. The Bertz CT molecular complexity index is 815. The molecule has 0 spiro atoms. The maximum Gasteiger partial charge on any atom is 0.239 e. The second-order valence-electron chi connectivity index (χ2n) is 5.15. The van der Waals surface area contributed by atoms with Crippen molar-refractivity contribution in [3.8, 4) is 5.69 Å². The van der Waals surface area contributed by atoms with Crippen LogP contribution in [0.2, 0.25) is 0 Å². The van der Waals surface area contributed by atoms with E-state index < -0.39 is 0 Å². The van der Waals surface area contributed by atoms with Crippen molar-refractivity contribution in [1.82, 2.24) is 19.9 Å². The van der Waals surface area contributed by atoms with E-state index in [1.165, 1.54) is 11.8 Å². The zero-order chi connectivity index (χ0) is 16.9. The molecule has 0 aliphatic carbocycles. The molecule has 3 rings (SSSR count). The van der Waals surface area contributed by atoms with Gasteiger partial charge in [0.2, 0.25) is 5.91 Å². The first-order valence-electron chi connectivity index (χ1n) is 7.53. The molecule has 1 N–H and O–H groups in total. The van der Waals surface area contributed by atoms with Gasteiger partial charge in [-0.2, -0.15) is 0 Å². The standard InChI is InChI=1S/C16H17N5O2S/c1-3-13(15(22)18-14-9-11(2)23-20-14)24-16-19-17-10-21(16)12-7-5-4-6-8-12/h4-10,13H,3H2,1-2H3,(H,18,20,22). The molecule has 2 heterocycles. The largest absolute Gasteiger partial charge is 0.360 e. The van der Waals surface area contributed by atoms with E-state index in [9.17, 15) is 4.79 Å². The summed E-state index contributed by atoms with van der Waals surface area (Å²) in [6.07, 6.45) is 2.29. The summed E-state index contributed by atoms with van der Waals surface area (Å²) in [4.78, 5) is 12.5. The number of anilines is 1. The SMILES string of the molecule is CCC(Sc1nncn1-c1ccccc1)C(=O)Nc1cc(C)on1. The number of rotatable bonds is 6. The van der Waals surface area contributed by atoms with Crippen LogP contribution in [-0.2, 0) is 4.79 Å². The monoisotopic (exact) mass is 343 g/mol. The van der Waals surface area contributed by atoms with Crippen LogP contribution >= 0.6 is 11.8 Å². The molecule has 8 heteroatoms. The zero-order valence-corrected chi connectivity index (χ0v) is 14.2. The van der Waals surface area contributed by atoms with Crippen LogP contribution in [0.15, 0.2) is 52.4 Å². The molecular formula is C16H17N5O2S. The third kappa shape index (κ3) is 3.65. The molecule has 1 aromatic carbocycles. The molecule has 0 bridgehead atoms. The van der Waals surface area contributed by atoms with Gasteiger partial charge in [-0.1, -0.05) is 42.0 Å². The molecule has 3 aromatic rings. The maximum absolute atomic E-state index is 12.5. The number of benzene rings is 1. The van der Waals surface area contributed by atoms with E-state index in [0.29, 0.717) is 23.2 Å². The first-order chi connectivity index (χ1) is 11.7. The summed E-state index contributed by atoms with van der Waals surface area (Å²) in [5.74, 6) is 0.925. The number of nitrogens with zero attached hydrogens (tertiary/aromatic N) is 4. The molecule has 7 nitrogen and oxygen atoms in total. The normalized spacial score (nSPS) is 12.1. The molecule has 0 aliphatic rings.